The number of rotatable bonds is 6. The number of nitrogens with zero attached hydrogens (tertiary/aromatic N) is 4. The molecule has 2 fully saturated rings. The summed E-state index contributed by atoms with van der Waals surface area (Å²) in [6.07, 6.45) is 9.48. The minimum absolute atomic E-state index is 0.00867. The van der Waals surface area contributed by atoms with Crippen LogP contribution in [-0.4, -0.2) is 42.9 Å². The Morgan fingerprint density at radius 3 is 2.42 bits per heavy atom. The number of pyridine rings is 1. The van der Waals surface area contributed by atoms with E-state index in [1.165, 1.54) is 11.3 Å². The zero-order valence-electron chi connectivity index (χ0n) is 22.7. The highest BCUT2D eigenvalue weighted by molar-refractivity contribution is 7.99. The first-order valence-corrected chi connectivity index (χ1v) is 15.5. The number of fused-ring (bicyclic) bond motifs is 1. The van der Waals surface area contributed by atoms with Gasteiger partial charge in [0.15, 0.2) is 10.8 Å². The van der Waals surface area contributed by atoms with E-state index in [4.69, 9.17) is 0 Å². The number of anilines is 1. The Morgan fingerprint density at radius 2 is 1.76 bits per heavy atom. The van der Waals surface area contributed by atoms with Gasteiger partial charge >= 0.3 is 5.97 Å². The molecule has 3 aromatic rings. The average molecular weight is 555 g/mol. The van der Waals surface area contributed by atoms with Crippen molar-refractivity contribution in [2.45, 2.75) is 101 Å². The molecule has 0 saturated heterocycles. The monoisotopic (exact) mass is 554 g/mol. The normalized spacial score (nSPS) is 24.4. The van der Waals surface area contributed by atoms with Crippen LogP contribution in [0.4, 0.5) is 5.69 Å². The number of carbonyl (C=O) groups excluding carboxylic acids is 1. The molecule has 2 aliphatic carbocycles. The summed E-state index contributed by atoms with van der Waals surface area (Å²) in [7, 11) is 0. The van der Waals surface area contributed by atoms with Crippen molar-refractivity contribution in [3.8, 4) is 0 Å². The van der Waals surface area contributed by atoms with Gasteiger partial charge in [-0.3, -0.25) is 9.20 Å². The fourth-order valence-corrected chi connectivity index (χ4v) is 7.96. The Bertz CT molecular complexity index is 1290. The first kappa shape index (κ1) is 27.2. The lowest BCUT2D eigenvalue weighted by Gasteiger charge is -2.39. The third-order valence-electron chi connectivity index (χ3n) is 8.07. The summed E-state index contributed by atoms with van der Waals surface area (Å²) < 4.78 is 2.02. The molecule has 0 atom stereocenters. The van der Waals surface area contributed by atoms with E-state index in [1.807, 2.05) is 39.8 Å². The van der Waals surface area contributed by atoms with Crippen molar-refractivity contribution in [3.63, 3.8) is 0 Å². The van der Waals surface area contributed by atoms with Crippen LogP contribution in [0.3, 0.4) is 0 Å². The molecular weight excluding hydrogens is 516 g/mol. The van der Waals surface area contributed by atoms with Crippen molar-refractivity contribution in [3.05, 3.63) is 40.2 Å². The second-order valence-corrected chi connectivity index (χ2v) is 14.3. The number of aromatic carboxylic acids is 1. The number of carboxylic acids is 1. The minimum atomic E-state index is -0.946. The van der Waals surface area contributed by atoms with Gasteiger partial charge in [-0.15, -0.1) is 21.5 Å². The van der Waals surface area contributed by atoms with Gasteiger partial charge in [-0.1, -0.05) is 45.5 Å². The molecule has 0 bridgehead atoms. The Morgan fingerprint density at radius 1 is 1.05 bits per heavy atom. The van der Waals surface area contributed by atoms with E-state index in [0.717, 1.165) is 67.0 Å². The predicted octanol–water partition coefficient (Wildman–Crippen LogP) is 7.05. The van der Waals surface area contributed by atoms with Gasteiger partial charge in [-0.2, -0.15) is 0 Å². The van der Waals surface area contributed by atoms with Crippen LogP contribution in [0, 0.1) is 11.8 Å². The van der Waals surface area contributed by atoms with E-state index in [2.05, 4.69) is 37.9 Å². The summed E-state index contributed by atoms with van der Waals surface area (Å²) >= 11 is 3.08. The van der Waals surface area contributed by atoms with Gasteiger partial charge < -0.3 is 10.0 Å². The van der Waals surface area contributed by atoms with Crippen molar-refractivity contribution in [2.24, 2.45) is 11.8 Å². The zero-order valence-corrected chi connectivity index (χ0v) is 24.4. The minimum Gasteiger partial charge on any atom is -0.477 e. The van der Waals surface area contributed by atoms with Crippen molar-refractivity contribution in [1.82, 2.24) is 14.6 Å². The van der Waals surface area contributed by atoms with Crippen LogP contribution in [0.15, 0.2) is 35.6 Å². The van der Waals surface area contributed by atoms with Crippen LogP contribution < -0.4 is 4.90 Å². The maximum atomic E-state index is 14.1. The zero-order chi connectivity index (χ0) is 27.0. The number of thiophene rings is 1. The number of amides is 1. The largest absolute Gasteiger partial charge is 0.477 e. The van der Waals surface area contributed by atoms with Gasteiger partial charge in [-0.05, 0) is 80.9 Å². The second kappa shape index (κ2) is 11.0. The van der Waals surface area contributed by atoms with Crippen molar-refractivity contribution < 1.29 is 14.7 Å². The smallest absolute Gasteiger partial charge is 0.348 e. The maximum absolute atomic E-state index is 14.1. The molecule has 3 heterocycles. The van der Waals surface area contributed by atoms with Crippen LogP contribution in [-0.2, 0) is 10.2 Å². The van der Waals surface area contributed by atoms with Crippen LogP contribution in [0.5, 0.6) is 0 Å². The number of carboxylic acid groups (broad SMARTS) is 1. The second-order valence-electron chi connectivity index (χ2n) is 12.0. The lowest BCUT2D eigenvalue weighted by atomic mass is 9.81. The van der Waals surface area contributed by atoms with Crippen LogP contribution in [0.2, 0.25) is 0 Å². The molecule has 0 unspecified atom stereocenters. The predicted molar refractivity (Wildman–Crippen MR) is 153 cm³/mol. The molecule has 3 aromatic heterocycles. The molecule has 1 N–H and O–H groups in total. The summed E-state index contributed by atoms with van der Waals surface area (Å²) in [5, 5.41) is 20.1. The average Bonchev–Trinajstić information content (AvgIpc) is 3.51. The molecule has 38 heavy (non-hydrogen) atoms. The Labute approximate surface area is 233 Å². The SMILES string of the molecule is CC(C)(C)c1cc(N(C(=O)[C@H]2CC[C@H](C)CC2)[C@H]2CC[C@H](Sc3nnc4ccccn34)CC2)c(C(=O)O)s1. The third-order valence-corrected chi connectivity index (χ3v) is 10.9. The molecule has 0 spiro atoms. The number of thioether (sulfide) groups is 1. The Kier molecular flexibility index (Phi) is 7.87. The lowest BCUT2D eigenvalue weighted by Crippen LogP contribution is -2.46. The molecular formula is C29H38N4O3S2. The van der Waals surface area contributed by atoms with Gasteiger partial charge in [0, 0.05) is 28.3 Å². The fraction of sp³-hybridized carbons (Fsp3) is 0.586. The number of hydrogen-bond donors (Lipinski definition) is 1. The molecule has 7 nitrogen and oxygen atoms in total. The molecule has 5 rings (SSSR count). The van der Waals surface area contributed by atoms with Gasteiger partial charge in [-0.25, -0.2) is 4.79 Å². The van der Waals surface area contributed by atoms with E-state index in [-0.39, 0.29) is 23.3 Å². The van der Waals surface area contributed by atoms with Crippen LogP contribution in [0.25, 0.3) is 5.65 Å². The first-order valence-electron chi connectivity index (χ1n) is 13.8. The van der Waals surface area contributed by atoms with Crippen LogP contribution >= 0.6 is 23.1 Å². The summed E-state index contributed by atoms with van der Waals surface area (Å²) in [5.74, 6) is -0.201. The topological polar surface area (TPSA) is 87.8 Å². The first-order chi connectivity index (χ1) is 18.1. The number of hydrogen-bond acceptors (Lipinski definition) is 6. The van der Waals surface area contributed by atoms with E-state index in [9.17, 15) is 14.7 Å². The van der Waals surface area contributed by atoms with Gasteiger partial charge in [0.05, 0.1) is 5.69 Å². The lowest BCUT2D eigenvalue weighted by molar-refractivity contribution is -0.124. The number of aromatic nitrogens is 3. The number of carbonyl (C=O) groups is 2. The van der Waals surface area contributed by atoms with Gasteiger partial charge in [0.25, 0.3) is 0 Å². The fourth-order valence-electron chi connectivity index (χ4n) is 5.75. The van der Waals surface area contributed by atoms with Gasteiger partial charge in [0.1, 0.15) is 4.88 Å². The van der Waals surface area contributed by atoms with Gasteiger partial charge in [0.2, 0.25) is 5.91 Å². The van der Waals surface area contributed by atoms with E-state index in [0.29, 0.717) is 21.7 Å². The molecule has 0 aliphatic heterocycles. The van der Waals surface area contributed by atoms with E-state index in [1.54, 1.807) is 11.8 Å². The molecule has 0 radical (unpaired) electrons. The molecule has 9 heteroatoms. The molecule has 0 aromatic carbocycles. The third kappa shape index (κ3) is 5.64. The molecule has 2 saturated carbocycles. The summed E-state index contributed by atoms with van der Waals surface area (Å²) in [4.78, 5) is 29.7. The van der Waals surface area contributed by atoms with Crippen molar-refractivity contribution >= 4 is 46.3 Å². The molecule has 2 aliphatic rings. The highest BCUT2D eigenvalue weighted by atomic mass is 32.2. The van der Waals surface area contributed by atoms with E-state index >= 15 is 0 Å². The van der Waals surface area contributed by atoms with Crippen molar-refractivity contribution in [1.29, 1.82) is 0 Å². The standard InChI is InChI=1S/C29H38N4O3S2/c1-18-8-10-19(11-9-18)26(34)33(22-17-23(29(2,3)4)38-25(22)27(35)36)20-12-14-21(15-13-20)37-28-31-30-24-7-5-6-16-32(24)28/h5-7,16-21H,8-15H2,1-4H3,(H,35,36)/t18-,19-,20-,21-. The maximum Gasteiger partial charge on any atom is 0.348 e. The quantitative estimate of drug-likeness (QED) is 0.351. The molecule has 1 amide bonds. The van der Waals surface area contributed by atoms with E-state index < -0.39 is 5.97 Å². The van der Waals surface area contributed by atoms with Crippen LogP contribution in [0.1, 0.15) is 93.6 Å². The summed E-state index contributed by atoms with van der Waals surface area (Å²) in [5.41, 5.74) is 1.27. The highest BCUT2D eigenvalue weighted by Gasteiger charge is 2.38. The molecule has 204 valence electrons. The summed E-state index contributed by atoms with van der Waals surface area (Å²) in [6.45, 7) is 8.55. The summed E-state index contributed by atoms with van der Waals surface area (Å²) in [6, 6.07) is 7.90. The Hall–Kier alpha value is -2.39. The van der Waals surface area contributed by atoms with Crippen molar-refractivity contribution in [2.75, 3.05) is 4.90 Å². The Balaban J connectivity index is 1.39. The highest BCUT2D eigenvalue weighted by Crippen LogP contribution is 2.43.